The second kappa shape index (κ2) is 14.4. The van der Waals surface area contributed by atoms with Gasteiger partial charge in [0.05, 0.1) is 22.8 Å². The first-order chi connectivity index (χ1) is 28.8. The van der Waals surface area contributed by atoms with Crippen molar-refractivity contribution in [2.75, 3.05) is 0 Å². The number of hydrogen-bond donors (Lipinski definition) is 0. The van der Waals surface area contributed by atoms with Crippen molar-refractivity contribution < 1.29 is 0 Å². The van der Waals surface area contributed by atoms with Gasteiger partial charge in [0.15, 0.2) is 0 Å². The SMILES string of the molecule is C1=C(c2ccc(C3=CC(c4ccccc4)=C4c5cccc6cccc(c56)C4C3c3ccccc3)cc2)CCC(c2cc(-c3ccccn3)nc(-c3ccccn3)c2)=C1. The van der Waals surface area contributed by atoms with Crippen molar-refractivity contribution in [3.8, 4) is 22.8 Å². The monoisotopic (exact) mass is 741 g/mol. The zero-order valence-corrected chi connectivity index (χ0v) is 32.0. The highest BCUT2D eigenvalue weighted by Gasteiger charge is 2.42. The van der Waals surface area contributed by atoms with Crippen LogP contribution in [0.4, 0.5) is 0 Å². The van der Waals surface area contributed by atoms with E-state index in [4.69, 9.17) is 4.98 Å². The molecule has 3 nitrogen and oxygen atoms in total. The molecule has 0 saturated carbocycles. The van der Waals surface area contributed by atoms with Crippen molar-refractivity contribution in [2.45, 2.75) is 24.7 Å². The van der Waals surface area contributed by atoms with Crippen molar-refractivity contribution in [1.29, 1.82) is 0 Å². The van der Waals surface area contributed by atoms with Crippen LogP contribution in [-0.2, 0) is 0 Å². The molecule has 0 radical (unpaired) electrons. The highest BCUT2D eigenvalue weighted by molar-refractivity contribution is 6.15. The Morgan fingerprint density at radius 3 is 1.69 bits per heavy atom. The fourth-order valence-electron chi connectivity index (χ4n) is 9.49. The molecule has 2 atom stereocenters. The Balaban J connectivity index is 0.981. The third kappa shape index (κ3) is 5.95. The van der Waals surface area contributed by atoms with Crippen LogP contribution in [0.2, 0.25) is 0 Å². The van der Waals surface area contributed by atoms with Gasteiger partial charge >= 0.3 is 0 Å². The summed E-state index contributed by atoms with van der Waals surface area (Å²) in [4.78, 5) is 14.2. The van der Waals surface area contributed by atoms with E-state index in [1.165, 1.54) is 72.0 Å². The van der Waals surface area contributed by atoms with E-state index in [1.54, 1.807) is 0 Å². The first kappa shape index (κ1) is 34.1. The third-order valence-corrected chi connectivity index (χ3v) is 12.2. The van der Waals surface area contributed by atoms with Crippen LogP contribution in [-0.4, -0.2) is 15.0 Å². The average molecular weight is 742 g/mol. The summed E-state index contributed by atoms with van der Waals surface area (Å²) in [6.45, 7) is 0. The molecule has 3 aromatic heterocycles. The van der Waals surface area contributed by atoms with Crippen molar-refractivity contribution in [3.05, 3.63) is 239 Å². The lowest BCUT2D eigenvalue weighted by atomic mass is 9.68. The normalized spacial score (nSPS) is 17.1. The third-order valence-electron chi connectivity index (χ3n) is 12.2. The second-order valence-corrected chi connectivity index (χ2v) is 15.4. The molecule has 0 saturated heterocycles. The number of hydrogen-bond acceptors (Lipinski definition) is 3. The fourth-order valence-corrected chi connectivity index (χ4v) is 9.49. The molecule has 0 spiro atoms. The van der Waals surface area contributed by atoms with Crippen LogP contribution in [0.15, 0.2) is 200 Å². The van der Waals surface area contributed by atoms with Crippen LogP contribution in [0.25, 0.3) is 61.4 Å². The molecule has 3 aliphatic rings. The second-order valence-electron chi connectivity index (χ2n) is 15.4. The molecule has 3 heteroatoms. The number of rotatable bonds is 7. The number of benzene rings is 5. The van der Waals surface area contributed by atoms with Crippen LogP contribution < -0.4 is 0 Å². The van der Waals surface area contributed by atoms with Crippen molar-refractivity contribution in [1.82, 2.24) is 15.0 Å². The van der Waals surface area contributed by atoms with E-state index in [-0.39, 0.29) is 11.8 Å². The van der Waals surface area contributed by atoms with Gasteiger partial charge in [0.2, 0.25) is 0 Å². The highest BCUT2D eigenvalue weighted by Crippen LogP contribution is 2.61. The summed E-state index contributed by atoms with van der Waals surface area (Å²) >= 11 is 0. The Morgan fingerprint density at radius 2 is 1.05 bits per heavy atom. The molecule has 0 aliphatic heterocycles. The van der Waals surface area contributed by atoms with Gasteiger partial charge in [-0.25, -0.2) is 4.98 Å². The minimum absolute atomic E-state index is 0.166. The molecule has 3 heterocycles. The molecular weight excluding hydrogens is 703 g/mol. The van der Waals surface area contributed by atoms with Gasteiger partial charge in [-0.1, -0.05) is 146 Å². The number of nitrogens with zero attached hydrogens (tertiary/aromatic N) is 3. The first-order valence-electron chi connectivity index (χ1n) is 20.2. The van der Waals surface area contributed by atoms with Gasteiger partial charge < -0.3 is 0 Å². The summed E-state index contributed by atoms with van der Waals surface area (Å²) in [6, 6.07) is 61.5. The minimum atomic E-state index is 0.166. The van der Waals surface area contributed by atoms with E-state index in [2.05, 4.69) is 162 Å². The number of allylic oxidation sites excluding steroid dienone is 8. The Hall–Kier alpha value is -7.23. The fraction of sp³-hybridized carbons (Fsp3) is 0.0727. The Bertz CT molecular complexity index is 2900. The number of pyridine rings is 3. The standard InChI is InChI=1S/C55H39N3/c1-3-13-39(14-4-1)47-35-46(53(42-15-5-2-6-16-42)55-45-20-12-18-41-17-11-19-44(52(41)45)54(47)55)40-29-27-37(28-30-40)36-23-25-38(26-24-36)43-33-50(48-21-7-9-31-56-48)58-51(34-43)49-22-8-10-32-57-49/h1-23,25,27-35,53,55H,24,26H2. The van der Waals surface area contributed by atoms with Crippen LogP contribution >= 0.6 is 0 Å². The zero-order valence-electron chi connectivity index (χ0n) is 32.0. The predicted octanol–water partition coefficient (Wildman–Crippen LogP) is 13.5. The van der Waals surface area contributed by atoms with Crippen molar-refractivity contribution >= 4 is 38.6 Å². The molecule has 0 amide bonds. The Kier molecular flexibility index (Phi) is 8.44. The van der Waals surface area contributed by atoms with Gasteiger partial charge in [-0.2, -0.15) is 0 Å². The molecule has 0 N–H and O–H groups in total. The van der Waals surface area contributed by atoms with Gasteiger partial charge in [0, 0.05) is 24.2 Å². The van der Waals surface area contributed by atoms with Crippen LogP contribution in [0.1, 0.15) is 63.6 Å². The summed E-state index contributed by atoms with van der Waals surface area (Å²) in [7, 11) is 0. The summed E-state index contributed by atoms with van der Waals surface area (Å²) in [5.41, 5.74) is 19.3. The van der Waals surface area contributed by atoms with Gasteiger partial charge in [-0.15, -0.1) is 0 Å². The van der Waals surface area contributed by atoms with Crippen molar-refractivity contribution in [3.63, 3.8) is 0 Å². The molecule has 2 unspecified atom stereocenters. The quantitative estimate of drug-likeness (QED) is 0.163. The Labute approximate surface area is 339 Å². The topological polar surface area (TPSA) is 38.7 Å². The predicted molar refractivity (Wildman–Crippen MR) is 239 cm³/mol. The maximum Gasteiger partial charge on any atom is 0.0900 e. The molecule has 5 aromatic carbocycles. The van der Waals surface area contributed by atoms with E-state index < -0.39 is 0 Å². The lowest BCUT2D eigenvalue weighted by Gasteiger charge is -2.35. The molecule has 58 heavy (non-hydrogen) atoms. The largest absolute Gasteiger partial charge is 0.255 e. The number of fused-ring (bicyclic) bond motifs is 3. The smallest absolute Gasteiger partial charge is 0.0900 e. The van der Waals surface area contributed by atoms with Crippen molar-refractivity contribution in [2.24, 2.45) is 0 Å². The van der Waals surface area contributed by atoms with Gasteiger partial charge in [0.25, 0.3) is 0 Å². The van der Waals surface area contributed by atoms with Gasteiger partial charge in [-0.05, 0) is 133 Å². The summed E-state index contributed by atoms with van der Waals surface area (Å²) in [5.74, 6) is 0.367. The maximum atomic E-state index is 4.99. The lowest BCUT2D eigenvalue weighted by molar-refractivity contribution is 0.780. The first-order valence-corrected chi connectivity index (χ1v) is 20.2. The van der Waals surface area contributed by atoms with Crippen LogP contribution in [0.3, 0.4) is 0 Å². The number of aromatic nitrogens is 3. The molecule has 0 fully saturated rings. The molecule has 8 aromatic rings. The van der Waals surface area contributed by atoms with E-state index in [9.17, 15) is 0 Å². The zero-order chi connectivity index (χ0) is 38.4. The van der Waals surface area contributed by atoms with E-state index in [0.29, 0.717) is 0 Å². The molecule has 274 valence electrons. The molecular formula is C55H39N3. The maximum absolute atomic E-state index is 4.99. The summed E-state index contributed by atoms with van der Waals surface area (Å²) in [5, 5.41) is 2.71. The van der Waals surface area contributed by atoms with Crippen LogP contribution in [0.5, 0.6) is 0 Å². The van der Waals surface area contributed by atoms with Gasteiger partial charge in [-0.3, -0.25) is 9.97 Å². The van der Waals surface area contributed by atoms with Gasteiger partial charge in [0.1, 0.15) is 0 Å². The average Bonchev–Trinajstić information content (AvgIpc) is 3.65. The van der Waals surface area contributed by atoms with Crippen LogP contribution in [0, 0.1) is 0 Å². The highest BCUT2D eigenvalue weighted by atomic mass is 14.8. The molecule has 0 bridgehead atoms. The lowest BCUT2D eigenvalue weighted by Crippen LogP contribution is -2.17. The van der Waals surface area contributed by atoms with E-state index in [0.717, 1.165) is 41.2 Å². The Morgan fingerprint density at radius 1 is 0.448 bits per heavy atom. The molecule has 3 aliphatic carbocycles. The minimum Gasteiger partial charge on any atom is -0.255 e. The van der Waals surface area contributed by atoms with E-state index in [1.807, 2.05) is 48.8 Å². The summed E-state index contributed by atoms with van der Waals surface area (Å²) in [6.07, 6.45) is 12.6. The summed E-state index contributed by atoms with van der Waals surface area (Å²) < 4.78 is 0. The van der Waals surface area contributed by atoms with E-state index >= 15 is 0 Å². The molecule has 11 rings (SSSR count).